The second-order valence-corrected chi connectivity index (χ2v) is 4.20. The standard InChI is InChI=1S/C9H7NO2.3BF4/c1-10-8(11)6-4-2-3-5-7(6)9(10)12;3*2-1(3,4)5/h2-5H,1H3;;;/q;3*-1. The van der Waals surface area contributed by atoms with Crippen molar-refractivity contribution in [3.63, 3.8) is 0 Å². The molecule has 0 saturated carbocycles. The molecule has 0 aliphatic carbocycles. The lowest BCUT2D eigenvalue weighted by Gasteiger charge is -2.02. The molecule has 0 fully saturated rings. The van der Waals surface area contributed by atoms with Crippen LogP contribution in [-0.4, -0.2) is 45.5 Å². The van der Waals surface area contributed by atoms with Crippen LogP contribution >= 0.6 is 0 Å². The van der Waals surface area contributed by atoms with Gasteiger partial charge in [-0.05, 0) is 12.1 Å². The first-order valence-corrected chi connectivity index (χ1v) is 6.25. The van der Waals surface area contributed by atoms with Crippen LogP contribution < -0.4 is 0 Å². The maximum Gasteiger partial charge on any atom is 0.673 e. The van der Waals surface area contributed by atoms with E-state index in [1.165, 1.54) is 7.05 Å². The molecule has 1 aliphatic heterocycles. The number of hydrogen-bond donors (Lipinski definition) is 0. The second kappa shape index (κ2) is 10.2. The SMILES string of the molecule is CN1C(=O)c2ccccc2C1=O.F[B-](F)(F)F.F[B-](F)(F)F.F[B-](F)(F)F. The van der Waals surface area contributed by atoms with Crippen molar-refractivity contribution in [2.75, 3.05) is 7.05 Å². The van der Waals surface area contributed by atoms with Crippen LogP contribution in [0.3, 0.4) is 0 Å². The minimum Gasteiger partial charge on any atom is -0.418 e. The number of nitrogens with zero attached hydrogens (tertiary/aromatic N) is 1. The van der Waals surface area contributed by atoms with Crippen molar-refractivity contribution < 1.29 is 61.4 Å². The highest BCUT2D eigenvalue weighted by Gasteiger charge is 2.31. The number of benzene rings is 1. The summed E-state index contributed by atoms with van der Waals surface area (Å²) in [5.74, 6) is -0.425. The second-order valence-electron chi connectivity index (χ2n) is 4.20. The van der Waals surface area contributed by atoms with Crippen LogP contribution in [0.2, 0.25) is 0 Å². The lowest BCUT2D eigenvalue weighted by atomic mass is 10.1. The van der Waals surface area contributed by atoms with Gasteiger partial charge in [-0.3, -0.25) is 14.5 Å². The molecule has 0 spiro atoms. The molecular formula is C9H7B3F12NO2-3. The van der Waals surface area contributed by atoms with E-state index in [1.54, 1.807) is 24.3 Å². The molecule has 1 aromatic carbocycles. The zero-order valence-electron chi connectivity index (χ0n) is 12.8. The topological polar surface area (TPSA) is 37.4 Å². The van der Waals surface area contributed by atoms with E-state index in [0.717, 1.165) is 4.90 Å². The highest BCUT2D eigenvalue weighted by Crippen LogP contribution is 2.20. The normalized spacial score (nSPS) is 13.4. The lowest BCUT2D eigenvalue weighted by Crippen LogP contribution is -2.24. The van der Waals surface area contributed by atoms with Crippen molar-refractivity contribution in [2.45, 2.75) is 0 Å². The first-order valence-electron chi connectivity index (χ1n) is 6.25. The fourth-order valence-electron chi connectivity index (χ4n) is 1.31. The number of fused-ring (bicyclic) bond motifs is 1. The molecule has 27 heavy (non-hydrogen) atoms. The number of rotatable bonds is 0. The molecule has 0 N–H and O–H groups in total. The molecule has 2 amide bonds. The van der Waals surface area contributed by atoms with Crippen molar-refractivity contribution in [1.29, 1.82) is 0 Å². The van der Waals surface area contributed by atoms with Crippen LogP contribution in [0.15, 0.2) is 24.3 Å². The molecule has 1 aliphatic rings. The number of carbonyl (C=O) groups excluding carboxylic acids is 2. The Labute approximate surface area is 143 Å². The van der Waals surface area contributed by atoms with Gasteiger partial charge < -0.3 is 51.8 Å². The van der Waals surface area contributed by atoms with Gasteiger partial charge >= 0.3 is 21.8 Å². The zero-order valence-corrected chi connectivity index (χ0v) is 12.8. The summed E-state index contributed by atoms with van der Waals surface area (Å²) in [5.41, 5.74) is 1.01. The summed E-state index contributed by atoms with van der Waals surface area (Å²) in [6.45, 7) is 0. The summed E-state index contributed by atoms with van der Waals surface area (Å²) >= 11 is 0. The van der Waals surface area contributed by atoms with E-state index in [2.05, 4.69) is 0 Å². The van der Waals surface area contributed by atoms with Gasteiger partial charge in [-0.1, -0.05) is 12.1 Å². The van der Waals surface area contributed by atoms with Gasteiger partial charge in [0.05, 0.1) is 11.1 Å². The maximum atomic E-state index is 11.3. The van der Waals surface area contributed by atoms with E-state index < -0.39 is 21.8 Å². The quantitative estimate of drug-likeness (QED) is 0.342. The van der Waals surface area contributed by atoms with Crippen molar-refractivity contribution in [3.8, 4) is 0 Å². The molecule has 0 saturated heterocycles. The molecule has 1 heterocycles. The Morgan fingerprint density at radius 2 is 0.778 bits per heavy atom. The van der Waals surface area contributed by atoms with E-state index >= 15 is 0 Å². The van der Waals surface area contributed by atoms with Gasteiger partial charge in [-0.2, -0.15) is 0 Å². The third-order valence-corrected chi connectivity index (χ3v) is 2.00. The highest BCUT2D eigenvalue weighted by atomic mass is 19.5. The molecule has 0 radical (unpaired) electrons. The molecule has 0 unspecified atom stereocenters. The van der Waals surface area contributed by atoms with Crippen LogP contribution in [0.4, 0.5) is 51.8 Å². The predicted molar refractivity (Wildman–Crippen MR) is 73.4 cm³/mol. The molecule has 2 rings (SSSR count). The van der Waals surface area contributed by atoms with Crippen LogP contribution in [0.25, 0.3) is 0 Å². The summed E-state index contributed by atoms with van der Waals surface area (Å²) in [6, 6.07) is 6.84. The van der Waals surface area contributed by atoms with Crippen LogP contribution in [0, 0.1) is 0 Å². The summed E-state index contributed by atoms with van der Waals surface area (Å²) in [6.07, 6.45) is 0. The molecule has 18 heteroatoms. The fourth-order valence-corrected chi connectivity index (χ4v) is 1.31. The molecular weight excluding hydrogens is 415 g/mol. The monoisotopic (exact) mass is 422 g/mol. The zero-order chi connectivity index (χ0) is 22.2. The average Bonchev–Trinajstić information content (AvgIpc) is 2.59. The number of halogens is 12. The van der Waals surface area contributed by atoms with Crippen molar-refractivity contribution >= 4 is 33.6 Å². The van der Waals surface area contributed by atoms with Crippen LogP contribution in [-0.2, 0) is 0 Å². The summed E-state index contributed by atoms with van der Waals surface area (Å²) in [7, 11) is -16.5. The van der Waals surface area contributed by atoms with Gasteiger partial charge in [-0.15, -0.1) is 0 Å². The summed E-state index contributed by atoms with van der Waals surface area (Å²) in [4.78, 5) is 23.8. The van der Waals surface area contributed by atoms with Crippen LogP contribution in [0.1, 0.15) is 20.7 Å². The smallest absolute Gasteiger partial charge is 0.418 e. The average molecular weight is 422 g/mol. The molecule has 0 atom stereocenters. The largest absolute Gasteiger partial charge is 0.673 e. The summed E-state index contributed by atoms with van der Waals surface area (Å²) in [5, 5.41) is 0. The van der Waals surface area contributed by atoms with Gasteiger partial charge in [-0.25, -0.2) is 0 Å². The Bertz CT molecular complexity index is 548. The first kappa shape index (κ1) is 26.9. The minimum atomic E-state index is -6.00. The number of imide groups is 1. The minimum absolute atomic E-state index is 0.212. The van der Waals surface area contributed by atoms with Gasteiger partial charge in [0, 0.05) is 7.05 Å². The predicted octanol–water partition coefficient (Wildman–Crippen LogP) is 4.81. The van der Waals surface area contributed by atoms with E-state index in [9.17, 15) is 61.4 Å². The van der Waals surface area contributed by atoms with E-state index in [4.69, 9.17) is 0 Å². The fraction of sp³-hybridized carbons (Fsp3) is 0.111. The Morgan fingerprint density at radius 1 is 0.593 bits per heavy atom. The third-order valence-electron chi connectivity index (χ3n) is 2.00. The Balaban J connectivity index is 0. The molecule has 0 aromatic heterocycles. The number of amides is 2. The van der Waals surface area contributed by atoms with Gasteiger partial charge in [0.2, 0.25) is 0 Å². The van der Waals surface area contributed by atoms with Crippen LogP contribution in [0.5, 0.6) is 0 Å². The first-order chi connectivity index (χ1) is 11.7. The van der Waals surface area contributed by atoms with Gasteiger partial charge in [0.15, 0.2) is 0 Å². The summed E-state index contributed by atoms with van der Waals surface area (Å²) < 4.78 is 117. The van der Waals surface area contributed by atoms with Gasteiger partial charge in [0.25, 0.3) is 11.8 Å². The van der Waals surface area contributed by atoms with E-state index in [-0.39, 0.29) is 11.8 Å². The van der Waals surface area contributed by atoms with Gasteiger partial charge in [0.1, 0.15) is 0 Å². The maximum absolute atomic E-state index is 11.3. The third kappa shape index (κ3) is 18.3. The molecule has 3 nitrogen and oxygen atoms in total. The lowest BCUT2D eigenvalue weighted by molar-refractivity contribution is 0.0693. The van der Waals surface area contributed by atoms with E-state index in [0.29, 0.717) is 11.1 Å². The highest BCUT2D eigenvalue weighted by molar-refractivity contribution is 6.50. The van der Waals surface area contributed by atoms with Crippen molar-refractivity contribution in [2.24, 2.45) is 0 Å². The Hall–Kier alpha value is -2.29. The number of carbonyl (C=O) groups is 2. The number of hydrogen-bond acceptors (Lipinski definition) is 2. The molecule has 1 aromatic rings. The van der Waals surface area contributed by atoms with E-state index in [1.807, 2.05) is 0 Å². The molecule has 0 bridgehead atoms. The Morgan fingerprint density at radius 3 is 0.963 bits per heavy atom. The Kier molecular flexibility index (Phi) is 10.1. The molecule has 156 valence electrons. The van der Waals surface area contributed by atoms with Crippen molar-refractivity contribution in [3.05, 3.63) is 35.4 Å². The van der Waals surface area contributed by atoms with Crippen molar-refractivity contribution in [1.82, 2.24) is 4.90 Å².